The van der Waals surface area contributed by atoms with Crippen molar-refractivity contribution in [2.24, 2.45) is 0 Å². The second kappa shape index (κ2) is 9.27. The molecule has 31 heavy (non-hydrogen) atoms. The fraction of sp³-hybridized carbons (Fsp3) is 0.0435. The number of aromatic nitrogens is 3. The van der Waals surface area contributed by atoms with Gasteiger partial charge in [0.2, 0.25) is 5.91 Å². The predicted molar refractivity (Wildman–Crippen MR) is 120 cm³/mol. The zero-order valence-corrected chi connectivity index (χ0v) is 17.1. The number of nitrogens with one attached hydrogen (secondary N) is 1. The quantitative estimate of drug-likeness (QED) is 0.423. The van der Waals surface area contributed by atoms with E-state index in [0.29, 0.717) is 16.7 Å². The summed E-state index contributed by atoms with van der Waals surface area (Å²) in [6.45, 7) is 0. The molecule has 7 nitrogen and oxygen atoms in total. The van der Waals surface area contributed by atoms with Crippen LogP contribution in [0.5, 0.6) is 0 Å². The molecule has 1 amide bonds. The lowest BCUT2D eigenvalue weighted by atomic mass is 10.2. The second-order valence-corrected chi connectivity index (χ2v) is 7.51. The molecule has 2 N–H and O–H groups in total. The number of rotatable bonds is 7. The Labute approximate surface area is 182 Å². The molecule has 8 heteroatoms. The Hall–Kier alpha value is -3.91. The number of para-hydroxylation sites is 1. The highest BCUT2D eigenvalue weighted by molar-refractivity contribution is 7.99. The van der Waals surface area contributed by atoms with E-state index >= 15 is 0 Å². The summed E-state index contributed by atoms with van der Waals surface area (Å²) in [5.41, 5.74) is 2.35. The molecule has 1 aromatic heterocycles. The summed E-state index contributed by atoms with van der Waals surface area (Å²) in [5.74, 6) is -0.535. The van der Waals surface area contributed by atoms with Crippen molar-refractivity contribution in [1.29, 1.82) is 0 Å². The first-order valence-corrected chi connectivity index (χ1v) is 10.4. The number of nitrogens with zero attached hydrogens (tertiary/aromatic N) is 3. The van der Waals surface area contributed by atoms with Crippen molar-refractivity contribution in [1.82, 2.24) is 14.8 Å². The number of aromatic carboxylic acids is 1. The van der Waals surface area contributed by atoms with E-state index in [1.165, 1.54) is 23.9 Å². The van der Waals surface area contributed by atoms with Gasteiger partial charge in [-0.2, -0.15) is 0 Å². The molecule has 4 rings (SSSR count). The van der Waals surface area contributed by atoms with Crippen LogP contribution in [-0.2, 0) is 4.79 Å². The van der Waals surface area contributed by atoms with Gasteiger partial charge in [-0.15, -0.1) is 10.2 Å². The monoisotopic (exact) mass is 430 g/mol. The topological polar surface area (TPSA) is 97.1 Å². The second-order valence-electron chi connectivity index (χ2n) is 6.57. The van der Waals surface area contributed by atoms with Crippen LogP contribution in [0, 0.1) is 0 Å². The maximum atomic E-state index is 12.5. The number of anilines is 1. The van der Waals surface area contributed by atoms with Crippen LogP contribution in [0.25, 0.3) is 17.1 Å². The number of hydrogen-bond donors (Lipinski definition) is 2. The van der Waals surface area contributed by atoms with E-state index in [-0.39, 0.29) is 17.2 Å². The average molecular weight is 430 g/mol. The van der Waals surface area contributed by atoms with E-state index in [4.69, 9.17) is 5.11 Å². The molecular weight excluding hydrogens is 412 g/mol. The van der Waals surface area contributed by atoms with Crippen LogP contribution >= 0.6 is 11.8 Å². The molecule has 0 aliphatic rings. The number of carbonyl (C=O) groups excluding carboxylic acids is 1. The highest BCUT2D eigenvalue weighted by Gasteiger charge is 2.17. The maximum Gasteiger partial charge on any atom is 0.335 e. The van der Waals surface area contributed by atoms with Gasteiger partial charge in [0.05, 0.1) is 11.3 Å². The maximum absolute atomic E-state index is 12.5. The number of thioether (sulfide) groups is 1. The van der Waals surface area contributed by atoms with E-state index in [1.54, 1.807) is 12.1 Å². The van der Waals surface area contributed by atoms with Crippen molar-refractivity contribution < 1.29 is 14.7 Å². The van der Waals surface area contributed by atoms with Crippen LogP contribution in [0.3, 0.4) is 0 Å². The largest absolute Gasteiger partial charge is 0.478 e. The van der Waals surface area contributed by atoms with Crippen LogP contribution in [0.2, 0.25) is 0 Å². The van der Waals surface area contributed by atoms with Crippen LogP contribution in [0.1, 0.15) is 10.4 Å². The molecule has 0 saturated heterocycles. The summed E-state index contributed by atoms with van der Waals surface area (Å²) in [5, 5.41) is 21.1. The Morgan fingerprint density at radius 1 is 0.903 bits per heavy atom. The van der Waals surface area contributed by atoms with Gasteiger partial charge < -0.3 is 10.4 Å². The first-order valence-electron chi connectivity index (χ1n) is 9.44. The molecule has 1 heterocycles. The lowest BCUT2D eigenvalue weighted by Crippen LogP contribution is -2.15. The van der Waals surface area contributed by atoms with Gasteiger partial charge in [0.25, 0.3) is 0 Å². The van der Waals surface area contributed by atoms with E-state index in [1.807, 2.05) is 65.2 Å². The zero-order chi connectivity index (χ0) is 21.6. The molecule has 3 aromatic carbocycles. The van der Waals surface area contributed by atoms with Crippen molar-refractivity contribution in [2.75, 3.05) is 11.1 Å². The summed E-state index contributed by atoms with van der Waals surface area (Å²) in [6, 6.07) is 25.6. The standard InChI is InChI=1S/C23H18N4O3S/c28-20(24-18-11-7-10-17(14-18)22(29)30)15-31-23-26-25-21(16-8-3-1-4-9-16)27(23)19-12-5-2-6-13-19/h1-14H,15H2,(H,24,28)(H,29,30). The van der Waals surface area contributed by atoms with Gasteiger partial charge >= 0.3 is 5.97 Å². The third kappa shape index (κ3) is 4.81. The van der Waals surface area contributed by atoms with Gasteiger partial charge in [-0.05, 0) is 30.3 Å². The molecule has 0 fully saturated rings. The Bertz CT molecular complexity index is 1210. The molecule has 0 aliphatic carbocycles. The third-order valence-corrected chi connectivity index (χ3v) is 5.33. The number of carboxylic acid groups (broad SMARTS) is 1. The molecule has 0 aliphatic heterocycles. The van der Waals surface area contributed by atoms with Crippen LogP contribution in [0.4, 0.5) is 5.69 Å². The lowest BCUT2D eigenvalue weighted by Gasteiger charge is -2.10. The Morgan fingerprint density at radius 2 is 1.61 bits per heavy atom. The predicted octanol–water partition coefficient (Wildman–Crippen LogP) is 4.36. The number of amides is 1. The first kappa shape index (κ1) is 20.4. The highest BCUT2D eigenvalue weighted by atomic mass is 32.2. The number of carbonyl (C=O) groups is 2. The minimum atomic E-state index is -1.05. The van der Waals surface area contributed by atoms with Crippen molar-refractivity contribution >= 4 is 29.3 Å². The van der Waals surface area contributed by atoms with E-state index in [0.717, 1.165) is 11.3 Å². The Kier molecular flexibility index (Phi) is 6.09. The summed E-state index contributed by atoms with van der Waals surface area (Å²) in [4.78, 5) is 23.6. The smallest absolute Gasteiger partial charge is 0.335 e. The normalized spacial score (nSPS) is 10.6. The Morgan fingerprint density at radius 3 is 2.32 bits per heavy atom. The first-order chi connectivity index (χ1) is 15.1. The summed E-state index contributed by atoms with van der Waals surface area (Å²) >= 11 is 1.26. The molecule has 0 atom stereocenters. The Balaban J connectivity index is 1.55. The molecule has 154 valence electrons. The number of carboxylic acids is 1. The zero-order valence-electron chi connectivity index (χ0n) is 16.3. The van der Waals surface area contributed by atoms with Crippen LogP contribution < -0.4 is 5.32 Å². The van der Waals surface area contributed by atoms with Crippen molar-refractivity contribution in [2.45, 2.75) is 5.16 Å². The van der Waals surface area contributed by atoms with Gasteiger partial charge in [-0.25, -0.2) is 4.79 Å². The molecule has 0 spiro atoms. The molecule has 0 unspecified atom stereocenters. The van der Waals surface area contributed by atoms with Crippen LogP contribution in [0.15, 0.2) is 90.1 Å². The van der Waals surface area contributed by atoms with E-state index < -0.39 is 5.97 Å². The average Bonchev–Trinajstić information content (AvgIpc) is 3.23. The fourth-order valence-electron chi connectivity index (χ4n) is 3.00. The molecule has 0 radical (unpaired) electrons. The van der Waals surface area contributed by atoms with E-state index in [9.17, 15) is 9.59 Å². The van der Waals surface area contributed by atoms with Crippen molar-refractivity contribution in [3.05, 3.63) is 90.5 Å². The summed E-state index contributed by atoms with van der Waals surface area (Å²) in [7, 11) is 0. The lowest BCUT2D eigenvalue weighted by molar-refractivity contribution is -0.113. The molecule has 0 bridgehead atoms. The van der Waals surface area contributed by atoms with Gasteiger partial charge in [0, 0.05) is 16.9 Å². The molecule has 0 saturated carbocycles. The number of benzene rings is 3. The van der Waals surface area contributed by atoms with Gasteiger partial charge in [-0.3, -0.25) is 9.36 Å². The van der Waals surface area contributed by atoms with Gasteiger partial charge in [-0.1, -0.05) is 66.4 Å². The molecule has 4 aromatic rings. The molecular formula is C23H18N4O3S. The SMILES string of the molecule is O=C(CSc1nnc(-c2ccccc2)n1-c1ccccc1)Nc1cccc(C(=O)O)c1. The fourth-order valence-corrected chi connectivity index (χ4v) is 3.76. The van der Waals surface area contributed by atoms with Crippen molar-refractivity contribution in [3.63, 3.8) is 0 Å². The highest BCUT2D eigenvalue weighted by Crippen LogP contribution is 2.28. The number of hydrogen-bond acceptors (Lipinski definition) is 5. The third-order valence-electron chi connectivity index (χ3n) is 4.41. The summed E-state index contributed by atoms with van der Waals surface area (Å²) in [6.07, 6.45) is 0. The van der Waals surface area contributed by atoms with Gasteiger partial charge in [0.15, 0.2) is 11.0 Å². The van der Waals surface area contributed by atoms with Gasteiger partial charge in [0.1, 0.15) is 0 Å². The van der Waals surface area contributed by atoms with Crippen LogP contribution in [-0.4, -0.2) is 37.5 Å². The summed E-state index contributed by atoms with van der Waals surface area (Å²) < 4.78 is 1.92. The van der Waals surface area contributed by atoms with E-state index in [2.05, 4.69) is 15.5 Å². The minimum absolute atomic E-state index is 0.0943. The van der Waals surface area contributed by atoms with Crippen molar-refractivity contribution in [3.8, 4) is 17.1 Å². The minimum Gasteiger partial charge on any atom is -0.478 e.